The number of nitrogens with zero attached hydrogens (tertiary/aromatic N) is 2. The van der Waals surface area contributed by atoms with Crippen LogP contribution in [0.1, 0.15) is 12.5 Å². The molecule has 1 heterocycles. The molecule has 4 aromatic rings. The number of aromatic amines is 1. The lowest BCUT2D eigenvalue weighted by atomic mass is 10.0. The van der Waals surface area contributed by atoms with Gasteiger partial charge in [0.1, 0.15) is 0 Å². The highest BCUT2D eigenvalue weighted by Gasteiger charge is 2.03. The Labute approximate surface area is 128 Å². The highest BCUT2D eigenvalue weighted by Crippen LogP contribution is 2.19. The first-order valence-electron chi connectivity index (χ1n) is 7.29. The number of rotatable bonds is 2. The van der Waals surface area contributed by atoms with E-state index in [0.29, 0.717) is 5.95 Å². The number of para-hydroxylation sites is 2. The van der Waals surface area contributed by atoms with Gasteiger partial charge in [-0.3, -0.25) is 0 Å². The molecule has 0 saturated heterocycles. The van der Waals surface area contributed by atoms with E-state index >= 15 is 0 Å². The molecule has 0 aliphatic carbocycles. The zero-order valence-corrected chi connectivity index (χ0v) is 12.2. The fraction of sp³-hybridized carbons (Fsp3) is 0.0526. The van der Waals surface area contributed by atoms with Crippen molar-refractivity contribution in [3.8, 4) is 0 Å². The van der Waals surface area contributed by atoms with Crippen molar-refractivity contribution >= 4 is 33.5 Å². The molecule has 3 nitrogen and oxygen atoms in total. The third-order valence-corrected chi connectivity index (χ3v) is 3.82. The summed E-state index contributed by atoms with van der Waals surface area (Å²) in [4.78, 5) is 12.4. The predicted molar refractivity (Wildman–Crippen MR) is 91.9 cm³/mol. The number of fused-ring (bicyclic) bond motifs is 2. The van der Waals surface area contributed by atoms with Crippen molar-refractivity contribution in [3.05, 3.63) is 72.3 Å². The summed E-state index contributed by atoms with van der Waals surface area (Å²) in [6, 6.07) is 22.7. The van der Waals surface area contributed by atoms with E-state index in [1.54, 1.807) is 0 Å². The Balaban J connectivity index is 1.76. The second kappa shape index (κ2) is 5.11. The zero-order valence-electron chi connectivity index (χ0n) is 12.2. The normalized spacial score (nSPS) is 12.1. The molecule has 4 rings (SSSR count). The third kappa shape index (κ3) is 2.27. The Morgan fingerprint density at radius 1 is 0.909 bits per heavy atom. The highest BCUT2D eigenvalue weighted by atomic mass is 15.1. The largest absolute Gasteiger partial charge is 0.322 e. The molecule has 0 amide bonds. The van der Waals surface area contributed by atoms with Gasteiger partial charge in [-0.25, -0.2) is 9.98 Å². The van der Waals surface area contributed by atoms with Crippen molar-refractivity contribution in [1.82, 2.24) is 9.97 Å². The SMILES string of the molecule is C/C(=N\c1nc2ccccc2[nH]1)c1ccc2ccccc2c1. The molecule has 3 aromatic carbocycles. The summed E-state index contributed by atoms with van der Waals surface area (Å²) >= 11 is 0. The zero-order chi connectivity index (χ0) is 14.9. The Hall–Kier alpha value is -2.94. The van der Waals surface area contributed by atoms with Crippen molar-refractivity contribution < 1.29 is 0 Å². The van der Waals surface area contributed by atoms with Crippen molar-refractivity contribution in [1.29, 1.82) is 0 Å². The number of imidazole rings is 1. The van der Waals surface area contributed by atoms with Crippen LogP contribution in [-0.2, 0) is 0 Å². The van der Waals surface area contributed by atoms with E-state index < -0.39 is 0 Å². The molecule has 106 valence electrons. The molecule has 0 aliphatic heterocycles. The minimum atomic E-state index is 0.645. The summed E-state index contributed by atoms with van der Waals surface area (Å²) in [6.45, 7) is 2.01. The summed E-state index contributed by atoms with van der Waals surface area (Å²) in [5.41, 5.74) is 4.00. The molecule has 0 aliphatic rings. The number of aromatic nitrogens is 2. The van der Waals surface area contributed by atoms with Gasteiger partial charge in [-0.2, -0.15) is 0 Å². The first kappa shape index (κ1) is 12.8. The van der Waals surface area contributed by atoms with Crippen LogP contribution < -0.4 is 0 Å². The summed E-state index contributed by atoms with van der Waals surface area (Å²) < 4.78 is 0. The predicted octanol–water partition coefficient (Wildman–Crippen LogP) is 4.86. The molecule has 0 fully saturated rings. The van der Waals surface area contributed by atoms with Crippen LogP contribution in [0.4, 0.5) is 5.95 Å². The minimum Gasteiger partial charge on any atom is -0.322 e. The van der Waals surface area contributed by atoms with Gasteiger partial charge >= 0.3 is 0 Å². The van der Waals surface area contributed by atoms with Crippen LogP contribution in [0.15, 0.2) is 71.7 Å². The number of hydrogen-bond donors (Lipinski definition) is 1. The molecule has 0 bridgehead atoms. The second-order valence-electron chi connectivity index (χ2n) is 5.34. The first-order chi connectivity index (χ1) is 10.8. The van der Waals surface area contributed by atoms with E-state index in [4.69, 9.17) is 0 Å². The van der Waals surface area contributed by atoms with E-state index in [1.165, 1.54) is 10.8 Å². The average Bonchev–Trinajstić information content (AvgIpc) is 2.96. The van der Waals surface area contributed by atoms with Crippen LogP contribution in [0, 0.1) is 0 Å². The van der Waals surface area contributed by atoms with Crippen molar-refractivity contribution in [2.24, 2.45) is 4.99 Å². The lowest BCUT2D eigenvalue weighted by molar-refractivity contribution is 1.26. The molecular formula is C19H15N3. The van der Waals surface area contributed by atoms with Gasteiger partial charge in [0.2, 0.25) is 5.95 Å². The van der Waals surface area contributed by atoms with E-state index in [2.05, 4.69) is 57.4 Å². The third-order valence-electron chi connectivity index (χ3n) is 3.82. The van der Waals surface area contributed by atoms with Crippen molar-refractivity contribution in [3.63, 3.8) is 0 Å². The Morgan fingerprint density at radius 3 is 2.55 bits per heavy atom. The number of H-pyrrole nitrogens is 1. The molecule has 0 unspecified atom stereocenters. The molecule has 0 radical (unpaired) electrons. The number of nitrogens with one attached hydrogen (secondary N) is 1. The summed E-state index contributed by atoms with van der Waals surface area (Å²) in [5, 5.41) is 2.46. The Kier molecular flexibility index (Phi) is 2.97. The molecule has 3 heteroatoms. The fourth-order valence-electron chi connectivity index (χ4n) is 2.63. The van der Waals surface area contributed by atoms with Crippen LogP contribution in [0.2, 0.25) is 0 Å². The van der Waals surface area contributed by atoms with Gasteiger partial charge in [-0.1, -0.05) is 48.5 Å². The minimum absolute atomic E-state index is 0.645. The fourth-order valence-corrected chi connectivity index (χ4v) is 2.63. The topological polar surface area (TPSA) is 41.0 Å². The van der Waals surface area contributed by atoms with Gasteiger partial charge in [-0.05, 0) is 41.5 Å². The highest BCUT2D eigenvalue weighted by molar-refractivity contribution is 6.03. The van der Waals surface area contributed by atoms with Gasteiger partial charge in [-0.15, -0.1) is 0 Å². The number of hydrogen-bond acceptors (Lipinski definition) is 2. The lowest BCUT2D eigenvalue weighted by Crippen LogP contribution is -1.94. The molecule has 1 aromatic heterocycles. The van der Waals surface area contributed by atoms with Crippen LogP contribution in [0.5, 0.6) is 0 Å². The van der Waals surface area contributed by atoms with Crippen LogP contribution in [0.3, 0.4) is 0 Å². The Morgan fingerprint density at radius 2 is 1.68 bits per heavy atom. The maximum absolute atomic E-state index is 4.62. The van der Waals surface area contributed by atoms with Crippen LogP contribution >= 0.6 is 0 Å². The number of benzene rings is 3. The van der Waals surface area contributed by atoms with Gasteiger partial charge < -0.3 is 4.98 Å². The molecule has 22 heavy (non-hydrogen) atoms. The maximum Gasteiger partial charge on any atom is 0.228 e. The van der Waals surface area contributed by atoms with Crippen molar-refractivity contribution in [2.75, 3.05) is 0 Å². The monoisotopic (exact) mass is 285 g/mol. The van der Waals surface area contributed by atoms with E-state index in [1.807, 2.05) is 31.2 Å². The molecule has 0 saturated carbocycles. The Bertz CT molecular complexity index is 963. The average molecular weight is 285 g/mol. The van der Waals surface area contributed by atoms with Gasteiger partial charge in [0.05, 0.1) is 11.0 Å². The van der Waals surface area contributed by atoms with E-state index in [9.17, 15) is 0 Å². The summed E-state index contributed by atoms with van der Waals surface area (Å²) in [5.74, 6) is 0.645. The second-order valence-corrected chi connectivity index (χ2v) is 5.34. The lowest BCUT2D eigenvalue weighted by Gasteiger charge is -2.02. The smallest absolute Gasteiger partial charge is 0.228 e. The van der Waals surface area contributed by atoms with Gasteiger partial charge in [0, 0.05) is 5.71 Å². The van der Waals surface area contributed by atoms with Crippen LogP contribution in [0.25, 0.3) is 21.8 Å². The quantitative estimate of drug-likeness (QED) is 0.525. The van der Waals surface area contributed by atoms with E-state index in [-0.39, 0.29) is 0 Å². The molecule has 0 atom stereocenters. The van der Waals surface area contributed by atoms with Crippen LogP contribution in [-0.4, -0.2) is 15.7 Å². The van der Waals surface area contributed by atoms with Gasteiger partial charge in [0.15, 0.2) is 0 Å². The van der Waals surface area contributed by atoms with E-state index in [0.717, 1.165) is 22.3 Å². The number of aliphatic imine (C=N–C) groups is 1. The maximum atomic E-state index is 4.62. The molecular weight excluding hydrogens is 270 g/mol. The van der Waals surface area contributed by atoms with Crippen molar-refractivity contribution in [2.45, 2.75) is 6.92 Å². The first-order valence-corrected chi connectivity index (χ1v) is 7.29. The standard InChI is InChI=1S/C19H15N3/c1-13(15-11-10-14-6-2-3-7-16(14)12-15)20-19-21-17-8-4-5-9-18(17)22-19/h2-12H,1H3,(H,21,22)/b20-13+. The summed E-state index contributed by atoms with van der Waals surface area (Å²) in [7, 11) is 0. The summed E-state index contributed by atoms with van der Waals surface area (Å²) in [6.07, 6.45) is 0. The molecule has 0 spiro atoms. The molecule has 1 N–H and O–H groups in total. The van der Waals surface area contributed by atoms with Gasteiger partial charge in [0.25, 0.3) is 0 Å².